The van der Waals surface area contributed by atoms with Crippen LogP contribution in [0.1, 0.15) is 25.8 Å². The molecule has 11 heteroatoms. The van der Waals surface area contributed by atoms with Crippen molar-refractivity contribution < 1.29 is 47.8 Å². The molecule has 2 unspecified atom stereocenters. The number of likely N-dealkylation sites (N-methyl/N-ethyl adjacent to an activating group) is 1. The van der Waals surface area contributed by atoms with E-state index in [1.165, 1.54) is 13.8 Å². The highest BCUT2D eigenvalue weighted by Crippen LogP contribution is 2.09. The van der Waals surface area contributed by atoms with Crippen molar-refractivity contribution in [2.24, 2.45) is 0 Å². The van der Waals surface area contributed by atoms with Crippen LogP contribution in [-0.4, -0.2) is 84.9 Å². The van der Waals surface area contributed by atoms with Gasteiger partial charge in [-0.3, -0.25) is 9.48 Å². The predicted molar refractivity (Wildman–Crippen MR) is 111 cm³/mol. The van der Waals surface area contributed by atoms with Gasteiger partial charge in [-0.05, 0) is 19.4 Å². The fraction of sp³-hybridized carbons (Fsp3) is 0.500. The zero-order valence-corrected chi connectivity index (χ0v) is 18.9. The van der Waals surface area contributed by atoms with Crippen LogP contribution >= 0.6 is 0 Å². The lowest BCUT2D eigenvalue weighted by Gasteiger charge is -2.22. The first-order valence-corrected chi connectivity index (χ1v) is 10.5. The number of ether oxygens (including phenoxy) is 4. The third-order valence-electron chi connectivity index (χ3n) is 4.74. The SMILES string of the molecule is CC1OC(=O)C(C)OC1=O.C[N+]1=C(C(=O)[O-])N(Cc2ccccc2)CC1.O=C1OCCCO1. The lowest BCUT2D eigenvalue weighted by atomic mass is 10.2. The van der Waals surface area contributed by atoms with Crippen LogP contribution in [0, 0.1) is 0 Å². The van der Waals surface area contributed by atoms with Crippen LogP contribution in [0.25, 0.3) is 0 Å². The molecule has 0 amide bonds. The van der Waals surface area contributed by atoms with E-state index in [2.05, 4.69) is 18.9 Å². The van der Waals surface area contributed by atoms with E-state index in [0.717, 1.165) is 25.1 Å². The summed E-state index contributed by atoms with van der Waals surface area (Å²) < 4.78 is 19.7. The number of cyclic esters (lactones) is 4. The van der Waals surface area contributed by atoms with Gasteiger partial charge in [0.1, 0.15) is 19.6 Å². The monoisotopic (exact) mass is 464 g/mol. The third kappa shape index (κ3) is 8.09. The van der Waals surface area contributed by atoms with Gasteiger partial charge in [-0.1, -0.05) is 30.3 Å². The lowest BCUT2D eigenvalue weighted by molar-refractivity contribution is -0.488. The van der Waals surface area contributed by atoms with Crippen molar-refractivity contribution in [3.05, 3.63) is 35.9 Å². The molecule has 1 aromatic carbocycles. The van der Waals surface area contributed by atoms with Gasteiger partial charge in [0.25, 0.3) is 5.84 Å². The van der Waals surface area contributed by atoms with Crippen LogP contribution in [0.4, 0.5) is 4.79 Å². The lowest BCUT2D eigenvalue weighted by Crippen LogP contribution is -2.43. The number of nitrogens with zero attached hydrogens (tertiary/aromatic N) is 2. The van der Waals surface area contributed by atoms with Crippen LogP contribution in [0.3, 0.4) is 0 Å². The minimum Gasteiger partial charge on any atom is -0.538 e. The second-order valence-corrected chi connectivity index (χ2v) is 7.40. The Hall–Kier alpha value is -3.63. The maximum Gasteiger partial charge on any atom is 0.508 e. The summed E-state index contributed by atoms with van der Waals surface area (Å²) >= 11 is 0. The average Bonchev–Trinajstić information content (AvgIpc) is 3.15. The third-order valence-corrected chi connectivity index (χ3v) is 4.74. The van der Waals surface area contributed by atoms with Gasteiger partial charge in [0.15, 0.2) is 18.2 Å². The minimum absolute atomic E-state index is 0.281. The van der Waals surface area contributed by atoms with Crippen molar-refractivity contribution in [2.75, 3.05) is 33.4 Å². The molecule has 2 fully saturated rings. The molecule has 0 radical (unpaired) electrons. The first kappa shape index (κ1) is 25.6. The summed E-state index contributed by atoms with van der Waals surface area (Å²) in [5.41, 5.74) is 1.11. The fourth-order valence-electron chi connectivity index (χ4n) is 3.01. The van der Waals surface area contributed by atoms with Crippen LogP contribution in [-0.2, 0) is 39.9 Å². The number of aliphatic carboxylic acids is 1. The average molecular weight is 464 g/mol. The van der Waals surface area contributed by atoms with E-state index in [9.17, 15) is 24.3 Å². The number of hydrogen-bond acceptors (Lipinski definition) is 10. The van der Waals surface area contributed by atoms with E-state index in [0.29, 0.717) is 19.8 Å². The topological polar surface area (TPSA) is 135 Å². The molecule has 180 valence electrons. The second kappa shape index (κ2) is 12.4. The Kier molecular flexibility index (Phi) is 9.64. The Labute approximate surface area is 191 Å². The Morgan fingerprint density at radius 1 is 1.03 bits per heavy atom. The molecule has 33 heavy (non-hydrogen) atoms. The number of esters is 2. The Balaban J connectivity index is 0.000000193. The zero-order chi connectivity index (χ0) is 24.4. The molecule has 0 bridgehead atoms. The van der Waals surface area contributed by atoms with Gasteiger partial charge in [0.05, 0.1) is 20.3 Å². The summed E-state index contributed by atoms with van der Waals surface area (Å²) in [4.78, 5) is 44.1. The normalized spacial score (nSPS) is 21.9. The van der Waals surface area contributed by atoms with Crippen molar-refractivity contribution in [1.82, 2.24) is 4.90 Å². The zero-order valence-electron chi connectivity index (χ0n) is 18.9. The molecule has 0 N–H and O–H groups in total. The van der Waals surface area contributed by atoms with Crippen molar-refractivity contribution >= 4 is 29.9 Å². The molecule has 3 heterocycles. The quantitative estimate of drug-likeness (QED) is 0.333. The van der Waals surface area contributed by atoms with E-state index >= 15 is 0 Å². The molecule has 11 nitrogen and oxygen atoms in total. The van der Waals surface area contributed by atoms with Crippen LogP contribution in [0.15, 0.2) is 30.3 Å². The van der Waals surface area contributed by atoms with Gasteiger partial charge in [-0.25, -0.2) is 14.4 Å². The first-order chi connectivity index (χ1) is 15.7. The molecule has 0 spiro atoms. The number of carbonyl (C=O) groups excluding carboxylic acids is 4. The molecule has 2 saturated heterocycles. The van der Waals surface area contributed by atoms with Gasteiger partial charge in [-0.2, -0.15) is 0 Å². The van der Waals surface area contributed by atoms with Crippen molar-refractivity contribution in [2.45, 2.75) is 39.0 Å². The van der Waals surface area contributed by atoms with Gasteiger partial charge in [0.2, 0.25) is 0 Å². The molecule has 3 aliphatic rings. The molecule has 1 aromatic rings. The summed E-state index contributed by atoms with van der Waals surface area (Å²) in [6, 6.07) is 9.83. The molecule has 4 rings (SSSR count). The number of carboxylic acid groups (broad SMARTS) is 1. The summed E-state index contributed by atoms with van der Waals surface area (Å²) in [6.45, 7) is 6.06. The number of carbonyl (C=O) groups is 4. The van der Waals surface area contributed by atoms with Crippen molar-refractivity contribution in [3.8, 4) is 0 Å². The van der Waals surface area contributed by atoms with E-state index < -0.39 is 36.3 Å². The molecular weight excluding hydrogens is 436 g/mol. The fourth-order valence-corrected chi connectivity index (χ4v) is 3.01. The summed E-state index contributed by atoms with van der Waals surface area (Å²) in [7, 11) is 1.77. The Bertz CT molecular complexity index is 857. The predicted octanol–water partition coefficient (Wildman–Crippen LogP) is -0.300. The second-order valence-electron chi connectivity index (χ2n) is 7.40. The number of rotatable bonds is 3. The van der Waals surface area contributed by atoms with Crippen molar-refractivity contribution in [1.29, 1.82) is 0 Å². The van der Waals surface area contributed by atoms with Crippen molar-refractivity contribution in [3.63, 3.8) is 0 Å². The molecule has 2 atom stereocenters. The van der Waals surface area contributed by atoms with Gasteiger partial charge in [-0.15, -0.1) is 0 Å². The van der Waals surface area contributed by atoms with Crippen LogP contribution < -0.4 is 5.11 Å². The molecule has 3 aliphatic heterocycles. The van der Waals surface area contributed by atoms with E-state index in [-0.39, 0.29) is 5.84 Å². The van der Waals surface area contributed by atoms with Crippen LogP contribution in [0.5, 0.6) is 0 Å². The van der Waals surface area contributed by atoms with Gasteiger partial charge >= 0.3 is 18.1 Å². The number of carboxylic acids is 1. The smallest absolute Gasteiger partial charge is 0.508 e. The van der Waals surface area contributed by atoms with Crippen LogP contribution in [0.2, 0.25) is 0 Å². The van der Waals surface area contributed by atoms with E-state index in [1.54, 1.807) is 11.6 Å². The standard InChI is InChI=1S/C12H14N2O2.C6H8O4.C4H6O3/c1-13-7-8-14(11(13)12(15)16)9-10-5-3-2-4-6-10;1-3-5(7)10-4(2)6(8)9-3;5-4-6-2-1-3-7-4/h2-6H,7-9H2,1H3;3-4H,1-2H3;1-3H2. The molecule has 0 aliphatic carbocycles. The van der Waals surface area contributed by atoms with Gasteiger partial charge < -0.3 is 28.8 Å². The number of amidine groups is 1. The molecular formula is C22H28N2O9. The molecule has 0 aromatic heterocycles. The number of benzene rings is 1. The molecule has 0 saturated carbocycles. The Morgan fingerprint density at radius 2 is 1.58 bits per heavy atom. The Morgan fingerprint density at radius 3 is 2.03 bits per heavy atom. The summed E-state index contributed by atoms with van der Waals surface area (Å²) in [6.07, 6.45) is -1.20. The largest absolute Gasteiger partial charge is 0.538 e. The first-order valence-electron chi connectivity index (χ1n) is 10.5. The summed E-state index contributed by atoms with van der Waals surface area (Å²) in [5.74, 6) is -1.78. The summed E-state index contributed by atoms with van der Waals surface area (Å²) in [5, 5.41) is 11.0. The minimum atomic E-state index is -1.10. The maximum atomic E-state index is 11.0. The highest BCUT2D eigenvalue weighted by Gasteiger charge is 2.32. The van der Waals surface area contributed by atoms with E-state index in [4.69, 9.17) is 0 Å². The highest BCUT2D eigenvalue weighted by atomic mass is 16.7. The van der Waals surface area contributed by atoms with Gasteiger partial charge in [0, 0.05) is 6.42 Å². The van der Waals surface area contributed by atoms with E-state index in [1.807, 2.05) is 35.2 Å². The highest BCUT2D eigenvalue weighted by molar-refractivity contribution is 6.31. The number of hydrogen-bond donors (Lipinski definition) is 0. The maximum absolute atomic E-state index is 11.0.